The summed E-state index contributed by atoms with van der Waals surface area (Å²) in [6.07, 6.45) is 9.41. The second kappa shape index (κ2) is 10.1. The highest BCUT2D eigenvalue weighted by molar-refractivity contribution is 5.22. The van der Waals surface area contributed by atoms with Crippen LogP contribution in [0.25, 0.3) is 5.95 Å². The Morgan fingerprint density at radius 1 is 1.15 bits per heavy atom. The molecule has 1 atom stereocenters. The van der Waals surface area contributed by atoms with Gasteiger partial charge in [-0.1, -0.05) is 30.3 Å². The third-order valence-corrected chi connectivity index (χ3v) is 6.16. The first kappa shape index (κ1) is 21.6. The number of nitrogens with zero attached hydrogens (tertiary/aromatic N) is 6. The molecule has 2 aliphatic rings. The topological polar surface area (TPSA) is 68.5 Å². The Bertz CT molecular complexity index is 1070. The molecule has 1 saturated heterocycles. The summed E-state index contributed by atoms with van der Waals surface area (Å²) < 4.78 is 12.7. The van der Waals surface area contributed by atoms with Crippen LogP contribution in [0.3, 0.4) is 0 Å². The van der Waals surface area contributed by atoms with E-state index in [1.54, 1.807) is 18.8 Å². The Morgan fingerprint density at radius 3 is 2.85 bits per heavy atom. The van der Waals surface area contributed by atoms with E-state index in [4.69, 9.17) is 14.5 Å². The molecule has 5 rings (SSSR count). The van der Waals surface area contributed by atoms with Gasteiger partial charge in [0.15, 0.2) is 0 Å². The van der Waals surface area contributed by atoms with Gasteiger partial charge in [-0.3, -0.25) is 14.4 Å². The van der Waals surface area contributed by atoms with Crippen LogP contribution in [0.1, 0.15) is 35.8 Å². The van der Waals surface area contributed by atoms with Crippen molar-refractivity contribution in [3.8, 4) is 5.95 Å². The molecule has 1 unspecified atom stereocenters. The highest BCUT2D eigenvalue weighted by atomic mass is 16.7. The average Bonchev–Trinajstić information content (AvgIpc) is 3.61. The summed E-state index contributed by atoms with van der Waals surface area (Å²) in [5, 5.41) is 0. The molecule has 0 N–H and O–H groups in total. The first-order valence-corrected chi connectivity index (χ1v) is 11.5. The number of aryl methyl sites for hydroxylation is 1. The third-order valence-electron chi connectivity index (χ3n) is 6.16. The molecule has 33 heavy (non-hydrogen) atoms. The smallest absolute Gasteiger partial charge is 0.235 e. The van der Waals surface area contributed by atoms with Crippen LogP contribution >= 0.6 is 0 Å². The summed E-state index contributed by atoms with van der Waals surface area (Å²) in [6, 6.07) is 13.0. The molecule has 0 aliphatic carbocycles. The van der Waals surface area contributed by atoms with Crippen LogP contribution in [-0.2, 0) is 16.0 Å². The van der Waals surface area contributed by atoms with E-state index < -0.39 is 0 Å². The summed E-state index contributed by atoms with van der Waals surface area (Å²) in [7, 11) is 0. The molecule has 0 amide bonds. The van der Waals surface area contributed by atoms with Crippen LogP contribution in [-0.4, -0.2) is 62.3 Å². The van der Waals surface area contributed by atoms with Crippen LogP contribution in [0, 0.1) is 6.92 Å². The van der Waals surface area contributed by atoms with Crippen molar-refractivity contribution in [2.45, 2.75) is 32.4 Å². The lowest BCUT2D eigenvalue weighted by Gasteiger charge is -2.29. The van der Waals surface area contributed by atoms with Gasteiger partial charge in [-0.05, 0) is 37.9 Å². The molecule has 2 aromatic heterocycles. The van der Waals surface area contributed by atoms with Crippen LogP contribution in [0.5, 0.6) is 0 Å². The molecule has 8 heteroatoms. The van der Waals surface area contributed by atoms with E-state index in [0.29, 0.717) is 18.8 Å². The van der Waals surface area contributed by atoms with Gasteiger partial charge in [0.05, 0.1) is 18.3 Å². The van der Waals surface area contributed by atoms with Crippen LogP contribution < -0.4 is 0 Å². The number of aromatic nitrogens is 4. The number of likely N-dealkylation sites (tertiary alicyclic amines) is 1. The fraction of sp³-hybridized carbons (Fsp3) is 0.400. The molecule has 0 spiro atoms. The predicted molar refractivity (Wildman–Crippen MR) is 124 cm³/mol. The number of ether oxygens (including phenoxy) is 2. The maximum Gasteiger partial charge on any atom is 0.235 e. The van der Waals surface area contributed by atoms with Gasteiger partial charge in [0.25, 0.3) is 0 Å². The maximum absolute atomic E-state index is 5.60. The van der Waals surface area contributed by atoms with E-state index in [1.807, 2.05) is 17.7 Å². The van der Waals surface area contributed by atoms with Crippen LogP contribution in [0.15, 0.2) is 67.1 Å². The first-order chi connectivity index (χ1) is 16.2. The normalized spacial score (nSPS) is 18.4. The molecule has 8 nitrogen and oxygen atoms in total. The van der Waals surface area contributed by atoms with Gasteiger partial charge in [0.1, 0.15) is 18.3 Å². The molecule has 3 aromatic rings. The summed E-state index contributed by atoms with van der Waals surface area (Å²) in [6.45, 7) is 6.94. The predicted octanol–water partition coefficient (Wildman–Crippen LogP) is 3.46. The zero-order chi connectivity index (χ0) is 22.5. The number of benzene rings is 1. The van der Waals surface area contributed by atoms with Gasteiger partial charge in [-0.15, -0.1) is 0 Å². The van der Waals surface area contributed by atoms with Gasteiger partial charge in [-0.2, -0.15) is 0 Å². The van der Waals surface area contributed by atoms with E-state index in [0.717, 1.165) is 56.3 Å². The van der Waals surface area contributed by atoms with Gasteiger partial charge >= 0.3 is 0 Å². The van der Waals surface area contributed by atoms with Crippen molar-refractivity contribution in [1.29, 1.82) is 0 Å². The minimum atomic E-state index is 0.304. The van der Waals surface area contributed by atoms with Crippen LogP contribution in [0.4, 0.5) is 0 Å². The zero-order valence-electron chi connectivity index (χ0n) is 19.0. The van der Waals surface area contributed by atoms with Crippen molar-refractivity contribution < 1.29 is 9.47 Å². The minimum absolute atomic E-state index is 0.304. The molecule has 0 radical (unpaired) electrons. The van der Waals surface area contributed by atoms with Gasteiger partial charge < -0.3 is 9.47 Å². The Kier molecular flexibility index (Phi) is 6.64. The molecular weight excluding hydrogens is 416 g/mol. The Morgan fingerprint density at radius 2 is 2.06 bits per heavy atom. The largest absolute Gasteiger partial charge is 0.462 e. The van der Waals surface area contributed by atoms with Crippen LogP contribution in [0.2, 0.25) is 0 Å². The van der Waals surface area contributed by atoms with Gasteiger partial charge in [0, 0.05) is 37.7 Å². The molecule has 2 aliphatic heterocycles. The highest BCUT2D eigenvalue weighted by Crippen LogP contribution is 2.31. The summed E-state index contributed by atoms with van der Waals surface area (Å²) >= 11 is 0. The van der Waals surface area contributed by atoms with Gasteiger partial charge in [0.2, 0.25) is 12.7 Å². The number of hydrogen-bond donors (Lipinski definition) is 0. The molecular formula is C25H30N6O2. The summed E-state index contributed by atoms with van der Waals surface area (Å²) in [5.74, 6) is 1.57. The van der Waals surface area contributed by atoms with Crippen molar-refractivity contribution in [2.75, 3.05) is 33.0 Å². The van der Waals surface area contributed by atoms with E-state index >= 15 is 0 Å². The minimum Gasteiger partial charge on any atom is -0.462 e. The second-order valence-electron chi connectivity index (χ2n) is 8.61. The first-order valence-electron chi connectivity index (χ1n) is 11.5. The lowest BCUT2D eigenvalue weighted by Crippen LogP contribution is -2.36. The fourth-order valence-corrected chi connectivity index (χ4v) is 4.57. The Balaban J connectivity index is 1.29. The van der Waals surface area contributed by atoms with E-state index in [9.17, 15) is 0 Å². The number of imidazole rings is 1. The monoisotopic (exact) mass is 446 g/mol. The number of rotatable bonds is 9. The van der Waals surface area contributed by atoms with Crippen molar-refractivity contribution in [3.63, 3.8) is 0 Å². The van der Waals surface area contributed by atoms with E-state index in [1.165, 1.54) is 12.0 Å². The zero-order valence-corrected chi connectivity index (χ0v) is 19.0. The molecule has 0 saturated carbocycles. The van der Waals surface area contributed by atoms with Crippen molar-refractivity contribution >= 4 is 0 Å². The molecule has 172 valence electrons. The average molecular weight is 447 g/mol. The van der Waals surface area contributed by atoms with E-state index in [-0.39, 0.29) is 0 Å². The maximum atomic E-state index is 5.60. The molecule has 0 bridgehead atoms. The lowest BCUT2D eigenvalue weighted by molar-refractivity contribution is 0.0707. The van der Waals surface area contributed by atoms with E-state index in [2.05, 4.69) is 56.2 Å². The molecule has 1 aromatic carbocycles. The third kappa shape index (κ3) is 5.40. The van der Waals surface area contributed by atoms with Crippen molar-refractivity contribution in [1.82, 2.24) is 29.3 Å². The standard InChI is InChI=1S/C25H30N6O2/c1-20-14-23(28-25(27-20)31-11-9-26-18-31)24-8-5-10-30(24)13-12-29(16-22-17-32-19-33-22)15-21-6-3-2-4-7-21/h2-4,6-7,9,11,14,17-18,24H,5,8,10,12-13,15-16,19H2,1H3. The Labute approximate surface area is 194 Å². The van der Waals surface area contributed by atoms with Crippen molar-refractivity contribution in [2.24, 2.45) is 0 Å². The quantitative estimate of drug-likeness (QED) is 0.499. The number of hydrogen-bond acceptors (Lipinski definition) is 7. The summed E-state index contributed by atoms with van der Waals surface area (Å²) in [5.41, 5.74) is 3.37. The lowest BCUT2D eigenvalue weighted by atomic mass is 10.1. The molecule has 1 fully saturated rings. The SMILES string of the molecule is Cc1cc(C2CCCN2CCN(CC2=COCO2)Cc2ccccc2)nc(-n2ccnc2)n1. The highest BCUT2D eigenvalue weighted by Gasteiger charge is 2.28. The summed E-state index contributed by atoms with van der Waals surface area (Å²) in [4.78, 5) is 18.6. The fourth-order valence-electron chi connectivity index (χ4n) is 4.57. The second-order valence-corrected chi connectivity index (χ2v) is 8.61. The van der Waals surface area contributed by atoms with Crippen molar-refractivity contribution in [3.05, 3.63) is 84.1 Å². The van der Waals surface area contributed by atoms with Gasteiger partial charge in [-0.25, -0.2) is 15.0 Å². The Hall–Kier alpha value is -3.23. The molecule has 4 heterocycles.